The van der Waals surface area contributed by atoms with E-state index in [2.05, 4.69) is 15.5 Å². The topological polar surface area (TPSA) is 54.9 Å². The number of nitrogens with zero attached hydrogens (tertiary/aromatic N) is 2. The van der Waals surface area contributed by atoms with Crippen LogP contribution in [0.4, 0.5) is 5.69 Å². The molecule has 2 aromatic rings. The fourth-order valence-electron chi connectivity index (χ4n) is 2.37. The number of carbonyl (C=O) groups excluding carboxylic acids is 1. The molecular formula is C15H15N3OS. The Morgan fingerprint density at radius 2 is 2.10 bits per heavy atom. The second-order valence-corrected chi connectivity index (χ2v) is 5.56. The SMILES string of the molecule is CSc1ccccc1NC(=O)c1cc2c(nn1)CCC2. The van der Waals surface area contributed by atoms with Gasteiger partial charge in [-0.25, -0.2) is 0 Å². The molecule has 0 fully saturated rings. The Hall–Kier alpha value is -1.88. The fourth-order valence-corrected chi connectivity index (χ4v) is 2.93. The molecule has 1 N–H and O–H groups in total. The van der Waals surface area contributed by atoms with Crippen LogP contribution in [0.2, 0.25) is 0 Å². The molecule has 1 aliphatic carbocycles. The Balaban J connectivity index is 1.83. The van der Waals surface area contributed by atoms with Gasteiger partial charge in [-0.05, 0) is 49.3 Å². The zero-order valence-electron chi connectivity index (χ0n) is 11.2. The molecule has 0 saturated carbocycles. The number of anilines is 1. The molecule has 0 bridgehead atoms. The predicted molar refractivity (Wildman–Crippen MR) is 80.2 cm³/mol. The molecule has 0 aliphatic heterocycles. The predicted octanol–water partition coefficient (Wildman–Crippen LogP) is 2.94. The van der Waals surface area contributed by atoms with Crippen LogP contribution >= 0.6 is 11.8 Å². The number of carbonyl (C=O) groups is 1. The molecule has 1 amide bonds. The number of amides is 1. The van der Waals surface area contributed by atoms with Gasteiger partial charge in [-0.3, -0.25) is 4.79 Å². The first-order chi connectivity index (χ1) is 9.78. The third-order valence-corrected chi connectivity index (χ3v) is 4.20. The van der Waals surface area contributed by atoms with E-state index in [1.807, 2.05) is 36.6 Å². The summed E-state index contributed by atoms with van der Waals surface area (Å²) in [5.41, 5.74) is 3.39. The van der Waals surface area contributed by atoms with Crippen LogP contribution < -0.4 is 5.32 Å². The maximum absolute atomic E-state index is 12.3. The van der Waals surface area contributed by atoms with E-state index < -0.39 is 0 Å². The number of thioether (sulfide) groups is 1. The Labute approximate surface area is 122 Å². The van der Waals surface area contributed by atoms with Gasteiger partial charge in [-0.15, -0.1) is 16.9 Å². The third kappa shape index (κ3) is 2.54. The van der Waals surface area contributed by atoms with Crippen molar-refractivity contribution < 1.29 is 4.79 Å². The van der Waals surface area contributed by atoms with Gasteiger partial charge in [0.25, 0.3) is 5.91 Å². The molecule has 4 nitrogen and oxygen atoms in total. The van der Waals surface area contributed by atoms with E-state index in [1.165, 1.54) is 0 Å². The minimum absolute atomic E-state index is 0.200. The average Bonchev–Trinajstić information content (AvgIpc) is 2.95. The third-order valence-electron chi connectivity index (χ3n) is 3.41. The van der Waals surface area contributed by atoms with Crippen LogP contribution in [0.5, 0.6) is 0 Å². The number of aromatic nitrogens is 2. The van der Waals surface area contributed by atoms with Crippen LogP contribution in [0.25, 0.3) is 0 Å². The van der Waals surface area contributed by atoms with Crippen LogP contribution in [0.3, 0.4) is 0 Å². The smallest absolute Gasteiger partial charge is 0.276 e. The first-order valence-corrected chi connectivity index (χ1v) is 7.80. The molecule has 0 atom stereocenters. The summed E-state index contributed by atoms with van der Waals surface area (Å²) in [4.78, 5) is 13.3. The highest BCUT2D eigenvalue weighted by Crippen LogP contribution is 2.25. The maximum atomic E-state index is 12.3. The number of nitrogens with one attached hydrogen (secondary N) is 1. The first kappa shape index (κ1) is 13.1. The van der Waals surface area contributed by atoms with Gasteiger partial charge in [0.15, 0.2) is 5.69 Å². The zero-order valence-corrected chi connectivity index (χ0v) is 12.0. The standard InChI is InChI=1S/C15H15N3OS/c1-20-14-8-3-2-6-12(14)16-15(19)13-9-10-5-4-7-11(10)17-18-13/h2-3,6,8-9H,4-5,7H2,1H3,(H,16,19). The summed E-state index contributed by atoms with van der Waals surface area (Å²) < 4.78 is 0. The number of aryl methyl sites for hydroxylation is 2. The Morgan fingerprint density at radius 1 is 1.25 bits per heavy atom. The zero-order chi connectivity index (χ0) is 13.9. The summed E-state index contributed by atoms with van der Waals surface area (Å²) in [5.74, 6) is -0.200. The molecule has 0 saturated heterocycles. The molecule has 5 heteroatoms. The van der Waals surface area contributed by atoms with Crippen molar-refractivity contribution in [1.82, 2.24) is 10.2 Å². The largest absolute Gasteiger partial charge is 0.320 e. The van der Waals surface area contributed by atoms with Crippen molar-refractivity contribution in [3.63, 3.8) is 0 Å². The molecule has 20 heavy (non-hydrogen) atoms. The molecule has 1 heterocycles. The lowest BCUT2D eigenvalue weighted by molar-refractivity contribution is 0.102. The quantitative estimate of drug-likeness (QED) is 0.881. The monoisotopic (exact) mass is 285 g/mol. The van der Waals surface area contributed by atoms with Gasteiger partial charge in [0.2, 0.25) is 0 Å². The summed E-state index contributed by atoms with van der Waals surface area (Å²) >= 11 is 1.60. The maximum Gasteiger partial charge on any atom is 0.276 e. The number of fused-ring (bicyclic) bond motifs is 1. The fraction of sp³-hybridized carbons (Fsp3) is 0.267. The molecule has 3 rings (SSSR count). The van der Waals surface area contributed by atoms with Crippen LogP contribution in [-0.2, 0) is 12.8 Å². The van der Waals surface area contributed by atoms with Gasteiger partial charge in [0.05, 0.1) is 11.4 Å². The van der Waals surface area contributed by atoms with E-state index in [9.17, 15) is 4.79 Å². The van der Waals surface area contributed by atoms with Gasteiger partial charge in [0.1, 0.15) is 0 Å². The van der Waals surface area contributed by atoms with E-state index in [1.54, 1.807) is 11.8 Å². The van der Waals surface area contributed by atoms with E-state index in [0.29, 0.717) is 5.69 Å². The summed E-state index contributed by atoms with van der Waals surface area (Å²) in [7, 11) is 0. The summed E-state index contributed by atoms with van der Waals surface area (Å²) in [5, 5.41) is 11.1. The van der Waals surface area contributed by atoms with Crippen LogP contribution in [0.1, 0.15) is 28.2 Å². The molecule has 0 spiro atoms. The lowest BCUT2D eigenvalue weighted by Crippen LogP contribution is -2.15. The van der Waals surface area contributed by atoms with Crippen molar-refractivity contribution in [3.8, 4) is 0 Å². The summed E-state index contributed by atoms with van der Waals surface area (Å²) in [6.45, 7) is 0. The highest BCUT2D eigenvalue weighted by molar-refractivity contribution is 7.98. The van der Waals surface area contributed by atoms with Gasteiger partial charge in [0, 0.05) is 4.90 Å². The molecule has 0 radical (unpaired) electrons. The number of rotatable bonds is 3. The van der Waals surface area contributed by atoms with Gasteiger partial charge < -0.3 is 5.32 Å². The van der Waals surface area contributed by atoms with Gasteiger partial charge in [-0.2, -0.15) is 5.10 Å². The van der Waals surface area contributed by atoms with Crippen molar-refractivity contribution in [2.24, 2.45) is 0 Å². The normalized spacial score (nSPS) is 13.1. The van der Waals surface area contributed by atoms with Crippen LogP contribution in [0.15, 0.2) is 35.2 Å². The molecule has 1 aromatic carbocycles. The lowest BCUT2D eigenvalue weighted by atomic mass is 10.2. The van der Waals surface area contributed by atoms with Crippen molar-refractivity contribution in [2.45, 2.75) is 24.2 Å². The van der Waals surface area contributed by atoms with Crippen molar-refractivity contribution in [3.05, 3.63) is 47.3 Å². The Bertz CT molecular complexity index is 657. The van der Waals surface area contributed by atoms with Gasteiger partial charge >= 0.3 is 0 Å². The Morgan fingerprint density at radius 3 is 2.95 bits per heavy atom. The van der Waals surface area contributed by atoms with E-state index in [-0.39, 0.29) is 5.91 Å². The summed E-state index contributed by atoms with van der Waals surface area (Å²) in [6.07, 6.45) is 5.05. The highest BCUT2D eigenvalue weighted by Gasteiger charge is 2.17. The lowest BCUT2D eigenvalue weighted by Gasteiger charge is -2.09. The number of hydrogen-bond acceptors (Lipinski definition) is 4. The second kappa shape index (κ2) is 5.63. The van der Waals surface area contributed by atoms with Crippen molar-refractivity contribution in [2.75, 3.05) is 11.6 Å². The highest BCUT2D eigenvalue weighted by atomic mass is 32.2. The second-order valence-electron chi connectivity index (χ2n) is 4.71. The molecule has 1 aromatic heterocycles. The summed E-state index contributed by atoms with van der Waals surface area (Å²) in [6, 6.07) is 9.60. The van der Waals surface area contributed by atoms with Crippen LogP contribution in [0, 0.1) is 0 Å². The number of para-hydroxylation sites is 1. The van der Waals surface area contributed by atoms with E-state index in [0.717, 1.165) is 41.1 Å². The molecule has 102 valence electrons. The number of hydrogen-bond donors (Lipinski definition) is 1. The molecular weight excluding hydrogens is 270 g/mol. The van der Waals surface area contributed by atoms with E-state index >= 15 is 0 Å². The van der Waals surface area contributed by atoms with Crippen molar-refractivity contribution in [1.29, 1.82) is 0 Å². The molecule has 1 aliphatic rings. The van der Waals surface area contributed by atoms with Crippen molar-refractivity contribution >= 4 is 23.4 Å². The minimum Gasteiger partial charge on any atom is -0.320 e. The Kier molecular flexibility index (Phi) is 3.69. The van der Waals surface area contributed by atoms with Crippen LogP contribution in [-0.4, -0.2) is 22.4 Å². The average molecular weight is 285 g/mol. The minimum atomic E-state index is -0.200. The molecule has 0 unspecified atom stereocenters. The number of benzene rings is 1. The first-order valence-electron chi connectivity index (χ1n) is 6.58. The van der Waals surface area contributed by atoms with E-state index in [4.69, 9.17) is 0 Å². The van der Waals surface area contributed by atoms with Gasteiger partial charge in [-0.1, -0.05) is 12.1 Å².